The lowest BCUT2D eigenvalue weighted by Gasteiger charge is -2.25. The highest BCUT2D eigenvalue weighted by Crippen LogP contribution is 2.38. The molecule has 0 aromatic heterocycles. The molecular weight excluding hydrogens is 366 g/mol. The Morgan fingerprint density at radius 3 is 2.41 bits per heavy atom. The van der Waals surface area contributed by atoms with Crippen molar-refractivity contribution < 1.29 is 19.8 Å². The van der Waals surface area contributed by atoms with Gasteiger partial charge in [-0.05, 0) is 29.3 Å². The van der Waals surface area contributed by atoms with Gasteiger partial charge in [-0.15, -0.1) is 0 Å². The number of amides is 1. The third-order valence-corrected chi connectivity index (χ3v) is 4.57. The first-order chi connectivity index (χ1) is 13.0. The molecule has 1 unspecified atom stereocenters. The van der Waals surface area contributed by atoms with Crippen LogP contribution >= 0.6 is 11.6 Å². The van der Waals surface area contributed by atoms with Gasteiger partial charge in [0, 0.05) is 11.6 Å². The first kappa shape index (κ1) is 18.9. The fourth-order valence-corrected chi connectivity index (χ4v) is 3.19. The summed E-state index contributed by atoms with van der Waals surface area (Å²) >= 11 is 5.93. The molecule has 1 aliphatic rings. The maximum Gasteiger partial charge on any atom is 0.290 e. The number of nitrogens with zero attached hydrogens (tertiary/aromatic N) is 1. The number of hydrogen-bond donors (Lipinski definition) is 2. The minimum atomic E-state index is -0.783. The smallest absolute Gasteiger partial charge is 0.290 e. The quantitative estimate of drug-likeness (QED) is 0.750. The molecule has 2 aromatic carbocycles. The number of hydrogen-bond acceptors (Lipinski definition) is 4. The number of halogens is 1. The monoisotopic (exact) mass is 383 g/mol. The fraction of sp³-hybridized carbons (Fsp3) is 0.143. The summed E-state index contributed by atoms with van der Waals surface area (Å²) < 4.78 is 0. The lowest BCUT2D eigenvalue weighted by molar-refractivity contribution is -0.129. The summed E-state index contributed by atoms with van der Waals surface area (Å²) in [5, 5.41) is 20.2. The van der Waals surface area contributed by atoms with Crippen LogP contribution in [0.15, 0.2) is 72.0 Å². The van der Waals surface area contributed by atoms with Crippen LogP contribution in [0.3, 0.4) is 0 Å². The van der Waals surface area contributed by atoms with Crippen LogP contribution in [0.2, 0.25) is 5.02 Å². The highest BCUT2D eigenvalue weighted by Gasteiger charge is 2.42. The topological polar surface area (TPSA) is 77.8 Å². The molecule has 27 heavy (non-hydrogen) atoms. The minimum Gasteiger partial charge on any atom is -0.503 e. The van der Waals surface area contributed by atoms with Crippen LogP contribution in [0.5, 0.6) is 0 Å². The summed E-state index contributed by atoms with van der Waals surface area (Å²) in [5.41, 5.74) is 1.44. The molecule has 1 aliphatic heterocycles. The second-order valence-electron chi connectivity index (χ2n) is 6.05. The van der Waals surface area contributed by atoms with Crippen LogP contribution in [0, 0.1) is 0 Å². The summed E-state index contributed by atoms with van der Waals surface area (Å²) in [4.78, 5) is 26.5. The zero-order valence-electron chi connectivity index (χ0n) is 14.4. The lowest BCUT2D eigenvalue weighted by atomic mass is 9.95. The van der Waals surface area contributed by atoms with Crippen molar-refractivity contribution in [3.05, 3.63) is 88.2 Å². The van der Waals surface area contributed by atoms with Crippen LogP contribution in [0.4, 0.5) is 0 Å². The number of benzene rings is 2. The molecule has 1 amide bonds. The highest BCUT2D eigenvalue weighted by atomic mass is 35.5. The number of rotatable bonds is 6. The number of carbonyl (C=O) groups excluding carboxylic acids is 2. The Balaban J connectivity index is 1.98. The maximum absolute atomic E-state index is 12.8. The molecule has 138 valence electrons. The maximum atomic E-state index is 12.8. The summed E-state index contributed by atoms with van der Waals surface area (Å²) in [6.07, 6.45) is 2.96. The first-order valence-corrected chi connectivity index (χ1v) is 8.78. The van der Waals surface area contributed by atoms with E-state index >= 15 is 0 Å². The Labute approximate surface area is 161 Å². The Bertz CT molecular complexity index is 904. The zero-order chi connectivity index (χ0) is 19.4. The molecular formula is C21H18ClNO4. The summed E-state index contributed by atoms with van der Waals surface area (Å²) in [6, 6.07) is 15.1. The van der Waals surface area contributed by atoms with Gasteiger partial charge in [0.1, 0.15) is 0 Å². The second kappa shape index (κ2) is 8.20. The zero-order valence-corrected chi connectivity index (χ0v) is 15.1. The molecule has 0 radical (unpaired) electrons. The Morgan fingerprint density at radius 2 is 1.78 bits per heavy atom. The summed E-state index contributed by atoms with van der Waals surface area (Å²) in [6.45, 7) is -0.292. The Hall–Kier alpha value is -2.89. The number of aliphatic hydroxyl groups excluding tert-OH is 2. The van der Waals surface area contributed by atoms with Crippen LogP contribution < -0.4 is 0 Å². The normalized spacial score (nSPS) is 17.2. The van der Waals surface area contributed by atoms with E-state index in [0.717, 1.165) is 5.56 Å². The van der Waals surface area contributed by atoms with Gasteiger partial charge in [0.2, 0.25) is 0 Å². The average Bonchev–Trinajstić information content (AvgIpc) is 2.93. The van der Waals surface area contributed by atoms with Crippen molar-refractivity contribution in [2.24, 2.45) is 0 Å². The summed E-state index contributed by atoms with van der Waals surface area (Å²) in [7, 11) is 0. The van der Waals surface area contributed by atoms with Crippen molar-refractivity contribution in [2.45, 2.75) is 6.04 Å². The first-order valence-electron chi connectivity index (χ1n) is 8.41. The third kappa shape index (κ3) is 3.94. The average molecular weight is 384 g/mol. The van der Waals surface area contributed by atoms with Gasteiger partial charge < -0.3 is 15.1 Å². The molecule has 0 fully saturated rings. The molecule has 1 atom stereocenters. The number of ketones is 1. The lowest BCUT2D eigenvalue weighted by Crippen LogP contribution is -2.33. The van der Waals surface area contributed by atoms with Gasteiger partial charge in [-0.25, -0.2) is 0 Å². The van der Waals surface area contributed by atoms with Crippen molar-refractivity contribution in [1.29, 1.82) is 0 Å². The molecule has 0 bridgehead atoms. The van der Waals surface area contributed by atoms with Crippen LogP contribution in [0.25, 0.3) is 6.08 Å². The van der Waals surface area contributed by atoms with E-state index in [9.17, 15) is 19.8 Å². The molecule has 1 heterocycles. The Morgan fingerprint density at radius 1 is 1.11 bits per heavy atom. The van der Waals surface area contributed by atoms with Gasteiger partial charge in [-0.3, -0.25) is 9.59 Å². The van der Waals surface area contributed by atoms with Gasteiger partial charge >= 0.3 is 0 Å². The van der Waals surface area contributed by atoms with E-state index < -0.39 is 23.5 Å². The summed E-state index contributed by atoms with van der Waals surface area (Å²) in [5.74, 6) is -1.74. The van der Waals surface area contributed by atoms with Crippen LogP contribution in [-0.2, 0) is 9.59 Å². The van der Waals surface area contributed by atoms with E-state index in [4.69, 9.17) is 11.6 Å². The molecule has 0 saturated carbocycles. The number of aliphatic hydroxyl groups is 2. The van der Waals surface area contributed by atoms with E-state index in [1.807, 2.05) is 30.3 Å². The van der Waals surface area contributed by atoms with Crippen molar-refractivity contribution in [3.63, 3.8) is 0 Å². The van der Waals surface area contributed by atoms with Gasteiger partial charge in [0.15, 0.2) is 11.5 Å². The molecule has 0 aliphatic carbocycles. The standard InChI is InChI=1S/C21H18ClNO4/c22-16-9-7-15(8-10-16)19-18(20(26)21(27)23(19)12-13-24)17(25)11-6-14-4-2-1-3-5-14/h1-11,19,24,26H,12-13H2. The van der Waals surface area contributed by atoms with Gasteiger partial charge in [-0.2, -0.15) is 0 Å². The molecule has 5 nitrogen and oxygen atoms in total. The van der Waals surface area contributed by atoms with Crippen LogP contribution in [0.1, 0.15) is 17.2 Å². The number of allylic oxidation sites excluding steroid dienone is 1. The predicted octanol–water partition coefficient (Wildman–Crippen LogP) is 3.31. The fourth-order valence-electron chi connectivity index (χ4n) is 3.06. The van der Waals surface area contributed by atoms with Gasteiger partial charge in [0.25, 0.3) is 5.91 Å². The van der Waals surface area contributed by atoms with Gasteiger partial charge in [0.05, 0.1) is 18.2 Å². The van der Waals surface area contributed by atoms with E-state index in [0.29, 0.717) is 10.6 Å². The van der Waals surface area contributed by atoms with E-state index in [1.165, 1.54) is 11.0 Å². The SMILES string of the molecule is O=C(C=Cc1ccccc1)C1=C(O)C(=O)N(CCO)C1c1ccc(Cl)cc1. The minimum absolute atomic E-state index is 0.00460. The van der Waals surface area contributed by atoms with E-state index in [2.05, 4.69) is 0 Å². The van der Waals surface area contributed by atoms with Crippen molar-refractivity contribution in [3.8, 4) is 0 Å². The van der Waals surface area contributed by atoms with Crippen molar-refractivity contribution in [1.82, 2.24) is 4.90 Å². The van der Waals surface area contributed by atoms with E-state index in [1.54, 1.807) is 30.3 Å². The molecule has 6 heteroatoms. The molecule has 0 saturated heterocycles. The number of β-amino-alcohol motifs (C(OH)–C–C–N with tert-alkyl or cyclic N) is 1. The van der Waals surface area contributed by atoms with Gasteiger partial charge in [-0.1, -0.05) is 60.1 Å². The number of carbonyl (C=O) groups is 2. The second-order valence-corrected chi connectivity index (χ2v) is 6.48. The predicted molar refractivity (Wildman–Crippen MR) is 103 cm³/mol. The third-order valence-electron chi connectivity index (χ3n) is 4.32. The van der Waals surface area contributed by atoms with Crippen molar-refractivity contribution >= 4 is 29.4 Å². The molecule has 2 aromatic rings. The molecule has 3 rings (SSSR count). The Kier molecular flexibility index (Phi) is 5.74. The highest BCUT2D eigenvalue weighted by molar-refractivity contribution is 6.30. The van der Waals surface area contributed by atoms with Crippen LogP contribution in [-0.4, -0.2) is 40.0 Å². The van der Waals surface area contributed by atoms with E-state index in [-0.39, 0.29) is 18.7 Å². The molecule has 0 spiro atoms. The molecule has 2 N–H and O–H groups in total. The van der Waals surface area contributed by atoms with Crippen molar-refractivity contribution in [2.75, 3.05) is 13.2 Å². The largest absolute Gasteiger partial charge is 0.503 e.